The topological polar surface area (TPSA) is 94.0 Å². The first-order valence-corrected chi connectivity index (χ1v) is 8.41. The number of anilines is 3. The second-order valence-corrected chi connectivity index (χ2v) is 5.92. The van der Waals surface area contributed by atoms with E-state index in [9.17, 15) is 4.79 Å². The van der Waals surface area contributed by atoms with Crippen molar-refractivity contribution in [2.45, 2.75) is 18.9 Å². The standard InChI is InChI=1S/C18H18N6O2/c25-18(15-3-1-12-26-15)21-14-6-4-13(5-7-14)20-16-8-9-17(23-22-16)24-11-2-10-19-24/h2,4-11,15H,1,3,12H2,(H,20,22)(H,21,25)/t15-/m1/s1. The molecule has 3 heterocycles. The minimum Gasteiger partial charge on any atom is -0.368 e. The molecule has 1 aromatic carbocycles. The molecule has 26 heavy (non-hydrogen) atoms. The van der Waals surface area contributed by atoms with Crippen LogP contribution in [0.15, 0.2) is 54.9 Å². The predicted octanol–water partition coefficient (Wildman–Crippen LogP) is 2.52. The smallest absolute Gasteiger partial charge is 0.253 e. The number of hydrogen-bond acceptors (Lipinski definition) is 6. The fourth-order valence-corrected chi connectivity index (χ4v) is 2.71. The molecule has 4 rings (SSSR count). The Morgan fingerprint density at radius 2 is 1.96 bits per heavy atom. The van der Waals surface area contributed by atoms with Crippen molar-refractivity contribution in [1.29, 1.82) is 0 Å². The van der Waals surface area contributed by atoms with E-state index in [0.29, 0.717) is 18.2 Å². The molecule has 1 fully saturated rings. The molecule has 1 aliphatic rings. The number of aromatic nitrogens is 4. The number of hydrogen-bond donors (Lipinski definition) is 2. The summed E-state index contributed by atoms with van der Waals surface area (Å²) in [6, 6.07) is 12.9. The monoisotopic (exact) mass is 350 g/mol. The van der Waals surface area contributed by atoms with Gasteiger partial charge in [0.25, 0.3) is 5.91 Å². The van der Waals surface area contributed by atoms with Gasteiger partial charge in [-0.05, 0) is 55.3 Å². The van der Waals surface area contributed by atoms with Gasteiger partial charge in [0, 0.05) is 30.4 Å². The average Bonchev–Trinajstić information content (AvgIpc) is 3.38. The number of carbonyl (C=O) groups excluding carboxylic acids is 1. The molecule has 3 aromatic rings. The lowest BCUT2D eigenvalue weighted by molar-refractivity contribution is -0.124. The Labute approximate surface area is 150 Å². The molecule has 1 atom stereocenters. The zero-order valence-corrected chi connectivity index (χ0v) is 14.0. The lowest BCUT2D eigenvalue weighted by Gasteiger charge is -2.11. The zero-order valence-electron chi connectivity index (χ0n) is 14.0. The van der Waals surface area contributed by atoms with E-state index in [1.54, 1.807) is 17.1 Å². The Balaban J connectivity index is 1.37. The third-order valence-electron chi connectivity index (χ3n) is 4.04. The van der Waals surface area contributed by atoms with Gasteiger partial charge >= 0.3 is 0 Å². The summed E-state index contributed by atoms with van der Waals surface area (Å²) in [6.45, 7) is 0.654. The van der Waals surface area contributed by atoms with Gasteiger partial charge in [0.05, 0.1) is 0 Å². The largest absolute Gasteiger partial charge is 0.368 e. The molecule has 0 radical (unpaired) electrons. The van der Waals surface area contributed by atoms with Crippen molar-refractivity contribution in [3.63, 3.8) is 0 Å². The molecule has 8 nitrogen and oxygen atoms in total. The minimum absolute atomic E-state index is 0.0942. The van der Waals surface area contributed by atoms with Crippen LogP contribution in [0.1, 0.15) is 12.8 Å². The number of benzene rings is 1. The van der Waals surface area contributed by atoms with E-state index in [2.05, 4.69) is 25.9 Å². The van der Waals surface area contributed by atoms with Gasteiger partial charge in [-0.15, -0.1) is 10.2 Å². The highest BCUT2D eigenvalue weighted by molar-refractivity contribution is 5.94. The van der Waals surface area contributed by atoms with Gasteiger partial charge in [-0.1, -0.05) is 0 Å². The summed E-state index contributed by atoms with van der Waals surface area (Å²) in [5, 5.41) is 18.4. The van der Waals surface area contributed by atoms with E-state index in [0.717, 1.165) is 24.2 Å². The molecule has 1 amide bonds. The predicted molar refractivity (Wildman–Crippen MR) is 96.5 cm³/mol. The third-order valence-corrected chi connectivity index (χ3v) is 4.04. The lowest BCUT2D eigenvalue weighted by atomic mass is 10.2. The van der Waals surface area contributed by atoms with Crippen molar-refractivity contribution in [2.75, 3.05) is 17.2 Å². The van der Waals surface area contributed by atoms with E-state index in [1.165, 1.54) is 0 Å². The normalized spacial score (nSPS) is 16.4. The molecule has 0 unspecified atom stereocenters. The summed E-state index contributed by atoms with van der Waals surface area (Å²) in [5.74, 6) is 1.17. The van der Waals surface area contributed by atoms with Crippen LogP contribution in [0.4, 0.5) is 17.2 Å². The van der Waals surface area contributed by atoms with Crippen LogP contribution < -0.4 is 10.6 Å². The fourth-order valence-electron chi connectivity index (χ4n) is 2.71. The number of nitrogens with zero attached hydrogens (tertiary/aromatic N) is 4. The van der Waals surface area contributed by atoms with Gasteiger partial charge in [-0.2, -0.15) is 5.10 Å². The molecule has 8 heteroatoms. The lowest BCUT2D eigenvalue weighted by Crippen LogP contribution is -2.26. The van der Waals surface area contributed by atoms with Crippen molar-refractivity contribution >= 4 is 23.1 Å². The molecule has 132 valence electrons. The number of ether oxygens (including phenoxy) is 1. The Bertz CT molecular complexity index is 856. The van der Waals surface area contributed by atoms with Crippen molar-refractivity contribution in [3.8, 4) is 5.82 Å². The van der Waals surface area contributed by atoms with Crippen LogP contribution in [0.25, 0.3) is 5.82 Å². The van der Waals surface area contributed by atoms with Crippen LogP contribution >= 0.6 is 0 Å². The van der Waals surface area contributed by atoms with Crippen molar-refractivity contribution in [2.24, 2.45) is 0 Å². The maximum absolute atomic E-state index is 12.0. The number of nitrogens with one attached hydrogen (secondary N) is 2. The minimum atomic E-state index is -0.337. The molecular weight excluding hydrogens is 332 g/mol. The van der Waals surface area contributed by atoms with Crippen LogP contribution in [-0.4, -0.2) is 38.6 Å². The second-order valence-electron chi connectivity index (χ2n) is 5.92. The van der Waals surface area contributed by atoms with Gasteiger partial charge < -0.3 is 15.4 Å². The zero-order chi connectivity index (χ0) is 17.8. The first-order valence-electron chi connectivity index (χ1n) is 8.41. The molecule has 0 aliphatic carbocycles. The van der Waals surface area contributed by atoms with Crippen molar-refractivity contribution < 1.29 is 9.53 Å². The van der Waals surface area contributed by atoms with Crippen LogP contribution in [0.2, 0.25) is 0 Å². The van der Waals surface area contributed by atoms with Crippen LogP contribution in [0.3, 0.4) is 0 Å². The third kappa shape index (κ3) is 3.70. The van der Waals surface area contributed by atoms with Gasteiger partial charge in [0.15, 0.2) is 11.6 Å². The first-order chi connectivity index (χ1) is 12.8. The molecule has 0 saturated carbocycles. The Hall–Kier alpha value is -3.26. The maximum atomic E-state index is 12.0. The summed E-state index contributed by atoms with van der Waals surface area (Å²) in [4.78, 5) is 12.0. The van der Waals surface area contributed by atoms with E-state index in [1.807, 2.05) is 42.5 Å². The van der Waals surface area contributed by atoms with Gasteiger partial charge in [-0.3, -0.25) is 4.79 Å². The van der Waals surface area contributed by atoms with E-state index >= 15 is 0 Å². The molecule has 0 bridgehead atoms. The summed E-state index contributed by atoms with van der Waals surface area (Å²) < 4.78 is 7.02. The summed E-state index contributed by atoms with van der Waals surface area (Å²) in [7, 11) is 0. The average molecular weight is 350 g/mol. The van der Waals surface area contributed by atoms with E-state index in [-0.39, 0.29) is 12.0 Å². The van der Waals surface area contributed by atoms with Crippen molar-refractivity contribution in [3.05, 3.63) is 54.9 Å². The highest BCUT2D eigenvalue weighted by atomic mass is 16.5. The maximum Gasteiger partial charge on any atom is 0.253 e. The molecular formula is C18H18N6O2. The van der Waals surface area contributed by atoms with Crippen LogP contribution in [0.5, 0.6) is 0 Å². The molecule has 1 saturated heterocycles. The number of rotatable bonds is 5. The van der Waals surface area contributed by atoms with Crippen molar-refractivity contribution in [1.82, 2.24) is 20.0 Å². The molecule has 1 aliphatic heterocycles. The number of amides is 1. The Morgan fingerprint density at radius 3 is 2.62 bits per heavy atom. The van der Waals surface area contributed by atoms with Crippen LogP contribution in [-0.2, 0) is 9.53 Å². The number of carbonyl (C=O) groups is 1. The quantitative estimate of drug-likeness (QED) is 0.734. The van der Waals surface area contributed by atoms with Gasteiger partial charge in [0.2, 0.25) is 0 Å². The van der Waals surface area contributed by atoms with E-state index < -0.39 is 0 Å². The SMILES string of the molecule is O=C(Nc1ccc(Nc2ccc(-n3cccn3)nn2)cc1)[C@H]1CCCO1. The summed E-state index contributed by atoms with van der Waals surface area (Å²) in [6.07, 6.45) is 4.87. The summed E-state index contributed by atoms with van der Waals surface area (Å²) >= 11 is 0. The molecule has 2 aromatic heterocycles. The Kier molecular flexibility index (Phi) is 4.57. The first kappa shape index (κ1) is 16.2. The highest BCUT2D eigenvalue weighted by Crippen LogP contribution is 2.19. The van der Waals surface area contributed by atoms with Gasteiger partial charge in [-0.25, -0.2) is 4.68 Å². The summed E-state index contributed by atoms with van der Waals surface area (Å²) in [5.41, 5.74) is 1.58. The molecule has 0 spiro atoms. The second kappa shape index (κ2) is 7.32. The fraction of sp³-hybridized carbons (Fsp3) is 0.222. The highest BCUT2D eigenvalue weighted by Gasteiger charge is 2.23. The molecule has 2 N–H and O–H groups in total. The Morgan fingerprint density at radius 1 is 1.12 bits per heavy atom. The van der Waals surface area contributed by atoms with E-state index in [4.69, 9.17) is 4.74 Å². The van der Waals surface area contributed by atoms with Gasteiger partial charge in [0.1, 0.15) is 6.10 Å². The van der Waals surface area contributed by atoms with Crippen LogP contribution in [0, 0.1) is 0 Å².